The summed E-state index contributed by atoms with van der Waals surface area (Å²) in [4.78, 5) is 2.45. The molecular weight excluding hydrogens is 238 g/mol. The fourth-order valence-electron chi connectivity index (χ4n) is 2.26. The number of anilines is 2. The lowest BCUT2D eigenvalue weighted by Gasteiger charge is -2.30. The first-order chi connectivity index (χ1) is 8.95. The molecule has 0 fully saturated rings. The smallest absolute Gasteiger partial charge is 0.121 e. The second-order valence-electron chi connectivity index (χ2n) is 5.31. The quantitative estimate of drug-likeness (QED) is 0.744. The average molecular weight is 265 g/mol. The lowest BCUT2D eigenvalue weighted by Crippen LogP contribution is -2.40. The van der Waals surface area contributed by atoms with Crippen molar-refractivity contribution in [1.29, 1.82) is 0 Å². The summed E-state index contributed by atoms with van der Waals surface area (Å²) in [6.45, 7) is 10.8. The van der Waals surface area contributed by atoms with E-state index < -0.39 is 0 Å². The van der Waals surface area contributed by atoms with Crippen molar-refractivity contribution in [3.63, 3.8) is 0 Å². The number of nitrogen functional groups attached to an aromatic ring is 1. The molecule has 0 unspecified atom stereocenters. The number of methoxy groups -OCH3 is 1. The van der Waals surface area contributed by atoms with Gasteiger partial charge in [-0.3, -0.25) is 4.90 Å². The van der Waals surface area contributed by atoms with E-state index in [9.17, 15) is 0 Å². The molecule has 0 bridgehead atoms. The van der Waals surface area contributed by atoms with Crippen LogP contribution in [0.25, 0.3) is 0 Å². The Morgan fingerprint density at radius 2 is 1.84 bits per heavy atom. The standard InChI is InChI=1S/C15H27N3O/c1-11(2)18(12(3)4)9-8-17-15-7-6-13(19-5)10-14(15)16/h6-7,10-12,17H,8-9,16H2,1-5H3. The van der Waals surface area contributed by atoms with Crippen LogP contribution in [0.2, 0.25) is 0 Å². The molecule has 0 aliphatic heterocycles. The van der Waals surface area contributed by atoms with Gasteiger partial charge in [0.25, 0.3) is 0 Å². The van der Waals surface area contributed by atoms with Gasteiger partial charge < -0.3 is 15.8 Å². The van der Waals surface area contributed by atoms with E-state index in [1.807, 2.05) is 18.2 Å². The summed E-state index contributed by atoms with van der Waals surface area (Å²) >= 11 is 0. The fraction of sp³-hybridized carbons (Fsp3) is 0.600. The van der Waals surface area contributed by atoms with Gasteiger partial charge in [0.1, 0.15) is 5.75 Å². The van der Waals surface area contributed by atoms with Crippen molar-refractivity contribution in [3.05, 3.63) is 18.2 Å². The van der Waals surface area contributed by atoms with Crippen LogP contribution in [0.4, 0.5) is 11.4 Å². The van der Waals surface area contributed by atoms with Crippen molar-refractivity contribution in [2.75, 3.05) is 31.2 Å². The van der Waals surface area contributed by atoms with Crippen LogP contribution in [0.15, 0.2) is 18.2 Å². The highest BCUT2D eigenvalue weighted by Crippen LogP contribution is 2.23. The number of hydrogen-bond donors (Lipinski definition) is 2. The third-order valence-electron chi connectivity index (χ3n) is 3.27. The van der Waals surface area contributed by atoms with Gasteiger partial charge in [-0.15, -0.1) is 0 Å². The van der Waals surface area contributed by atoms with Gasteiger partial charge in [0.2, 0.25) is 0 Å². The zero-order valence-electron chi connectivity index (χ0n) is 12.7. The third kappa shape index (κ3) is 4.63. The van der Waals surface area contributed by atoms with Crippen molar-refractivity contribution < 1.29 is 4.74 Å². The van der Waals surface area contributed by atoms with E-state index in [1.165, 1.54) is 0 Å². The van der Waals surface area contributed by atoms with Gasteiger partial charge in [0, 0.05) is 31.2 Å². The monoisotopic (exact) mass is 265 g/mol. The molecule has 0 amide bonds. The van der Waals surface area contributed by atoms with Crippen LogP contribution in [0.3, 0.4) is 0 Å². The van der Waals surface area contributed by atoms with Gasteiger partial charge in [-0.05, 0) is 39.8 Å². The Morgan fingerprint density at radius 3 is 2.32 bits per heavy atom. The molecule has 0 atom stereocenters. The van der Waals surface area contributed by atoms with Crippen molar-refractivity contribution in [3.8, 4) is 5.75 Å². The summed E-state index contributed by atoms with van der Waals surface area (Å²) in [7, 11) is 1.64. The maximum Gasteiger partial charge on any atom is 0.121 e. The molecule has 0 aliphatic rings. The van der Waals surface area contributed by atoms with Crippen LogP contribution in [0, 0.1) is 0 Å². The number of nitrogens with zero attached hydrogens (tertiary/aromatic N) is 1. The van der Waals surface area contributed by atoms with E-state index in [2.05, 4.69) is 37.9 Å². The van der Waals surface area contributed by atoms with Gasteiger partial charge >= 0.3 is 0 Å². The third-order valence-corrected chi connectivity index (χ3v) is 3.27. The van der Waals surface area contributed by atoms with Gasteiger partial charge in [-0.1, -0.05) is 0 Å². The van der Waals surface area contributed by atoms with Crippen molar-refractivity contribution >= 4 is 11.4 Å². The molecule has 19 heavy (non-hydrogen) atoms. The Bertz CT molecular complexity index is 383. The molecule has 0 aromatic heterocycles. The maximum atomic E-state index is 5.98. The molecule has 4 nitrogen and oxygen atoms in total. The first-order valence-electron chi connectivity index (χ1n) is 6.88. The summed E-state index contributed by atoms with van der Waals surface area (Å²) in [5.41, 5.74) is 7.67. The summed E-state index contributed by atoms with van der Waals surface area (Å²) < 4.78 is 5.14. The van der Waals surface area contributed by atoms with Crippen LogP contribution in [-0.4, -0.2) is 37.2 Å². The zero-order chi connectivity index (χ0) is 14.4. The van der Waals surface area contributed by atoms with Crippen molar-refractivity contribution in [2.45, 2.75) is 39.8 Å². The number of benzene rings is 1. The summed E-state index contributed by atoms with van der Waals surface area (Å²) in [6.07, 6.45) is 0. The highest BCUT2D eigenvalue weighted by molar-refractivity contribution is 5.68. The second kappa shape index (κ2) is 7.24. The van der Waals surface area contributed by atoms with Crippen LogP contribution in [0.1, 0.15) is 27.7 Å². The Labute approximate surface area is 116 Å². The van der Waals surface area contributed by atoms with Crippen LogP contribution < -0.4 is 15.8 Å². The Morgan fingerprint density at radius 1 is 1.21 bits per heavy atom. The van der Waals surface area contributed by atoms with Gasteiger partial charge in [-0.2, -0.15) is 0 Å². The lowest BCUT2D eigenvalue weighted by molar-refractivity contribution is 0.182. The average Bonchev–Trinajstić information content (AvgIpc) is 2.35. The molecule has 0 aliphatic carbocycles. The molecule has 1 aromatic carbocycles. The Hall–Kier alpha value is -1.42. The van der Waals surface area contributed by atoms with E-state index in [0.29, 0.717) is 12.1 Å². The molecule has 0 saturated heterocycles. The van der Waals surface area contributed by atoms with E-state index in [4.69, 9.17) is 10.5 Å². The number of hydrogen-bond acceptors (Lipinski definition) is 4. The summed E-state index contributed by atoms with van der Waals surface area (Å²) in [6, 6.07) is 6.82. The maximum absolute atomic E-state index is 5.98. The van der Waals surface area contributed by atoms with Crippen LogP contribution in [0.5, 0.6) is 5.75 Å². The van der Waals surface area contributed by atoms with Gasteiger partial charge in [0.05, 0.1) is 18.5 Å². The molecule has 1 aromatic rings. The minimum absolute atomic E-state index is 0.551. The van der Waals surface area contributed by atoms with Crippen molar-refractivity contribution in [2.24, 2.45) is 0 Å². The molecule has 3 N–H and O–H groups in total. The fourth-order valence-corrected chi connectivity index (χ4v) is 2.26. The minimum Gasteiger partial charge on any atom is -0.497 e. The highest BCUT2D eigenvalue weighted by atomic mass is 16.5. The Kier molecular flexibility index (Phi) is 5.96. The summed E-state index contributed by atoms with van der Waals surface area (Å²) in [5, 5.41) is 3.38. The SMILES string of the molecule is COc1ccc(NCCN(C(C)C)C(C)C)c(N)c1. The number of nitrogens with two attached hydrogens (primary N) is 1. The number of rotatable bonds is 7. The van der Waals surface area contributed by atoms with E-state index in [0.717, 1.165) is 30.2 Å². The molecule has 1 rings (SSSR count). The molecule has 0 radical (unpaired) electrons. The lowest BCUT2D eigenvalue weighted by atomic mass is 10.2. The molecular formula is C15H27N3O. The van der Waals surface area contributed by atoms with Crippen LogP contribution in [-0.2, 0) is 0 Å². The number of ether oxygens (including phenoxy) is 1. The normalized spacial score (nSPS) is 11.4. The predicted octanol–water partition coefficient (Wildman–Crippen LogP) is 2.81. The second-order valence-corrected chi connectivity index (χ2v) is 5.31. The van der Waals surface area contributed by atoms with Crippen molar-refractivity contribution in [1.82, 2.24) is 4.90 Å². The van der Waals surface area contributed by atoms with Crippen LogP contribution >= 0.6 is 0 Å². The molecule has 108 valence electrons. The molecule has 4 heteroatoms. The van der Waals surface area contributed by atoms with Gasteiger partial charge in [-0.25, -0.2) is 0 Å². The first kappa shape index (κ1) is 15.6. The number of nitrogens with one attached hydrogen (secondary N) is 1. The molecule has 0 heterocycles. The van der Waals surface area contributed by atoms with E-state index in [-0.39, 0.29) is 0 Å². The highest BCUT2D eigenvalue weighted by Gasteiger charge is 2.12. The zero-order valence-corrected chi connectivity index (χ0v) is 12.7. The largest absolute Gasteiger partial charge is 0.497 e. The Balaban J connectivity index is 2.53. The predicted molar refractivity (Wildman–Crippen MR) is 82.9 cm³/mol. The van der Waals surface area contributed by atoms with E-state index >= 15 is 0 Å². The molecule has 0 spiro atoms. The van der Waals surface area contributed by atoms with Gasteiger partial charge in [0.15, 0.2) is 0 Å². The van der Waals surface area contributed by atoms with E-state index in [1.54, 1.807) is 7.11 Å². The topological polar surface area (TPSA) is 50.5 Å². The minimum atomic E-state index is 0.551. The molecule has 0 saturated carbocycles. The first-order valence-corrected chi connectivity index (χ1v) is 6.88. The summed E-state index contributed by atoms with van der Waals surface area (Å²) in [5.74, 6) is 0.786.